The summed E-state index contributed by atoms with van der Waals surface area (Å²) in [6.45, 7) is 3.93. The van der Waals surface area contributed by atoms with Crippen molar-refractivity contribution in [2.24, 2.45) is 0 Å². The van der Waals surface area contributed by atoms with Crippen molar-refractivity contribution in [2.75, 3.05) is 0 Å². The van der Waals surface area contributed by atoms with Crippen LogP contribution in [0.3, 0.4) is 0 Å². The van der Waals surface area contributed by atoms with Crippen molar-refractivity contribution in [3.63, 3.8) is 0 Å². The summed E-state index contributed by atoms with van der Waals surface area (Å²) in [7, 11) is 0. The van der Waals surface area contributed by atoms with Crippen molar-refractivity contribution < 1.29 is 5.11 Å². The molecule has 2 nitrogen and oxygen atoms in total. The summed E-state index contributed by atoms with van der Waals surface area (Å²) < 4.78 is 1.21. The van der Waals surface area contributed by atoms with Crippen molar-refractivity contribution >= 4 is 21.6 Å². The Hall–Kier alpha value is -1.87. The lowest BCUT2D eigenvalue weighted by Gasteiger charge is -2.04. The predicted molar refractivity (Wildman–Crippen MR) is 76.2 cm³/mol. The van der Waals surface area contributed by atoms with E-state index in [1.165, 1.54) is 4.70 Å². The van der Waals surface area contributed by atoms with E-state index in [9.17, 15) is 5.11 Å². The number of nitrogens with zero attached hydrogens (tertiary/aromatic N) is 1. The molecule has 3 rings (SSSR count). The van der Waals surface area contributed by atoms with E-state index in [-0.39, 0.29) is 0 Å². The molecule has 2 aromatic carbocycles. The molecule has 1 heterocycles. The average molecular weight is 255 g/mol. The van der Waals surface area contributed by atoms with Crippen molar-refractivity contribution in [1.82, 2.24) is 4.98 Å². The van der Waals surface area contributed by atoms with Crippen LogP contribution in [0.2, 0.25) is 0 Å². The maximum absolute atomic E-state index is 9.56. The van der Waals surface area contributed by atoms with Crippen LogP contribution in [0.15, 0.2) is 36.4 Å². The maximum atomic E-state index is 9.56. The number of aromatic nitrogens is 1. The Morgan fingerprint density at radius 2 is 1.72 bits per heavy atom. The van der Waals surface area contributed by atoms with Crippen molar-refractivity contribution in [3.8, 4) is 16.9 Å². The highest BCUT2D eigenvalue weighted by molar-refractivity contribution is 7.18. The Morgan fingerprint density at radius 1 is 1.00 bits per heavy atom. The lowest BCUT2D eigenvalue weighted by Crippen LogP contribution is -1.81. The number of aromatic hydroxyl groups is 1. The van der Waals surface area contributed by atoms with Gasteiger partial charge in [0.1, 0.15) is 5.75 Å². The number of rotatable bonds is 1. The first-order chi connectivity index (χ1) is 8.63. The first-order valence-electron chi connectivity index (χ1n) is 5.81. The van der Waals surface area contributed by atoms with Gasteiger partial charge < -0.3 is 5.11 Å². The van der Waals surface area contributed by atoms with Crippen LogP contribution >= 0.6 is 11.3 Å². The number of hydrogen-bond acceptors (Lipinski definition) is 3. The average Bonchev–Trinajstić information content (AvgIpc) is 2.71. The second-order valence-electron chi connectivity index (χ2n) is 4.42. The molecule has 1 N–H and O–H groups in total. The Labute approximate surface area is 110 Å². The number of hydrogen-bond donors (Lipinski definition) is 1. The van der Waals surface area contributed by atoms with Crippen LogP contribution in [-0.4, -0.2) is 10.1 Å². The van der Waals surface area contributed by atoms with Crippen molar-refractivity contribution in [2.45, 2.75) is 13.8 Å². The molecule has 0 fully saturated rings. The summed E-state index contributed by atoms with van der Waals surface area (Å²) >= 11 is 1.71. The van der Waals surface area contributed by atoms with E-state index in [4.69, 9.17) is 0 Å². The van der Waals surface area contributed by atoms with Gasteiger partial charge in [-0.2, -0.15) is 0 Å². The van der Waals surface area contributed by atoms with Gasteiger partial charge in [-0.3, -0.25) is 0 Å². The summed E-state index contributed by atoms with van der Waals surface area (Å²) in [5.74, 6) is 0.337. The van der Waals surface area contributed by atoms with E-state index in [1.807, 2.05) is 26.0 Å². The molecule has 0 atom stereocenters. The molecule has 1 aromatic heterocycles. The molecule has 18 heavy (non-hydrogen) atoms. The third kappa shape index (κ3) is 1.87. The van der Waals surface area contributed by atoms with Crippen LogP contribution in [0.4, 0.5) is 0 Å². The zero-order chi connectivity index (χ0) is 12.7. The van der Waals surface area contributed by atoms with Crippen LogP contribution < -0.4 is 0 Å². The standard InChI is InChI=1S/C15H13NOS/c1-9-7-11(3-5-14(9)17)12-4-6-15-13(8-12)16-10(2)18-15/h3-8,17H,1-2H3. The van der Waals surface area contributed by atoms with E-state index >= 15 is 0 Å². The summed E-state index contributed by atoms with van der Waals surface area (Å²) in [4.78, 5) is 4.51. The maximum Gasteiger partial charge on any atom is 0.118 e. The lowest BCUT2D eigenvalue weighted by atomic mass is 10.0. The van der Waals surface area contributed by atoms with Crippen molar-refractivity contribution in [1.29, 1.82) is 0 Å². The van der Waals surface area contributed by atoms with Gasteiger partial charge in [-0.1, -0.05) is 12.1 Å². The Morgan fingerprint density at radius 3 is 2.50 bits per heavy atom. The molecule has 0 saturated carbocycles. The first kappa shape index (κ1) is 11.2. The van der Waals surface area contributed by atoms with Gasteiger partial charge in [-0.15, -0.1) is 11.3 Å². The molecule has 0 aliphatic rings. The normalized spacial score (nSPS) is 11.0. The third-order valence-electron chi connectivity index (χ3n) is 3.02. The molecule has 3 aromatic rings. The van der Waals surface area contributed by atoms with Gasteiger partial charge in [0.2, 0.25) is 0 Å². The second-order valence-corrected chi connectivity index (χ2v) is 5.65. The Kier molecular flexibility index (Phi) is 2.56. The van der Waals surface area contributed by atoms with Crippen LogP contribution in [0.5, 0.6) is 5.75 Å². The monoisotopic (exact) mass is 255 g/mol. The minimum Gasteiger partial charge on any atom is -0.508 e. The number of benzene rings is 2. The Balaban J connectivity index is 2.15. The van der Waals surface area contributed by atoms with Gasteiger partial charge in [-0.25, -0.2) is 4.98 Å². The topological polar surface area (TPSA) is 33.1 Å². The minimum atomic E-state index is 0.337. The number of thiazole rings is 1. The van der Waals surface area contributed by atoms with E-state index in [0.717, 1.165) is 27.2 Å². The van der Waals surface area contributed by atoms with Crippen molar-refractivity contribution in [3.05, 3.63) is 47.0 Å². The molecular weight excluding hydrogens is 242 g/mol. The summed E-state index contributed by atoms with van der Waals surface area (Å²) in [6, 6.07) is 12.0. The molecule has 90 valence electrons. The van der Waals surface area contributed by atoms with Gasteiger partial charge in [-0.05, 0) is 54.8 Å². The second kappa shape index (κ2) is 4.10. The van der Waals surface area contributed by atoms with E-state index in [0.29, 0.717) is 5.75 Å². The Bertz CT molecular complexity index is 730. The van der Waals surface area contributed by atoms with Gasteiger partial charge in [0.05, 0.1) is 15.2 Å². The first-order valence-corrected chi connectivity index (χ1v) is 6.62. The molecule has 0 aliphatic carbocycles. The highest BCUT2D eigenvalue weighted by atomic mass is 32.1. The molecule has 0 unspecified atom stereocenters. The quantitative estimate of drug-likeness (QED) is 0.703. The van der Waals surface area contributed by atoms with Crippen LogP contribution in [0, 0.1) is 13.8 Å². The van der Waals surface area contributed by atoms with E-state index in [2.05, 4.69) is 23.2 Å². The summed E-state index contributed by atoms with van der Waals surface area (Å²) in [5.41, 5.74) is 4.18. The summed E-state index contributed by atoms with van der Waals surface area (Å²) in [6.07, 6.45) is 0. The smallest absolute Gasteiger partial charge is 0.118 e. The number of phenolic OH excluding ortho intramolecular Hbond substituents is 1. The summed E-state index contributed by atoms with van der Waals surface area (Å²) in [5, 5.41) is 10.6. The SMILES string of the molecule is Cc1nc2cc(-c3ccc(O)c(C)c3)ccc2s1. The third-order valence-corrected chi connectivity index (χ3v) is 3.98. The van der Waals surface area contributed by atoms with Crippen LogP contribution in [0.1, 0.15) is 10.6 Å². The molecule has 0 saturated heterocycles. The molecule has 0 aliphatic heterocycles. The van der Waals surface area contributed by atoms with Gasteiger partial charge in [0.25, 0.3) is 0 Å². The number of fused-ring (bicyclic) bond motifs is 1. The van der Waals surface area contributed by atoms with Crippen LogP contribution in [-0.2, 0) is 0 Å². The lowest BCUT2D eigenvalue weighted by molar-refractivity contribution is 0.471. The van der Waals surface area contributed by atoms with Crippen LogP contribution in [0.25, 0.3) is 21.3 Å². The van der Waals surface area contributed by atoms with Gasteiger partial charge in [0.15, 0.2) is 0 Å². The van der Waals surface area contributed by atoms with Gasteiger partial charge in [0, 0.05) is 0 Å². The molecular formula is C15H13NOS. The highest BCUT2D eigenvalue weighted by Gasteiger charge is 2.05. The molecule has 3 heteroatoms. The fourth-order valence-electron chi connectivity index (χ4n) is 2.06. The molecule has 0 spiro atoms. The van der Waals surface area contributed by atoms with Gasteiger partial charge >= 0.3 is 0 Å². The largest absolute Gasteiger partial charge is 0.508 e. The zero-order valence-corrected chi connectivity index (χ0v) is 11.1. The molecule has 0 bridgehead atoms. The zero-order valence-electron chi connectivity index (χ0n) is 10.3. The van der Waals surface area contributed by atoms with E-state index in [1.54, 1.807) is 17.4 Å². The molecule has 0 amide bonds. The number of aryl methyl sites for hydroxylation is 2. The number of phenols is 1. The predicted octanol–water partition coefficient (Wildman–Crippen LogP) is 4.29. The minimum absolute atomic E-state index is 0.337. The fourth-order valence-corrected chi connectivity index (χ4v) is 2.86. The fraction of sp³-hybridized carbons (Fsp3) is 0.133. The highest BCUT2D eigenvalue weighted by Crippen LogP contribution is 2.29. The molecule has 0 radical (unpaired) electrons. The van der Waals surface area contributed by atoms with E-state index < -0.39 is 0 Å².